The van der Waals surface area contributed by atoms with Crippen LogP contribution in [0.3, 0.4) is 0 Å². The van der Waals surface area contributed by atoms with Gasteiger partial charge in [0.05, 0.1) is 0 Å². The molecule has 2 aromatic rings. The van der Waals surface area contributed by atoms with Crippen LogP contribution in [0.1, 0.15) is 51.7 Å². The van der Waals surface area contributed by atoms with Crippen LogP contribution in [-0.2, 0) is 14.3 Å². The number of nitrogens with one attached hydrogen (secondary N) is 2. The summed E-state index contributed by atoms with van der Waals surface area (Å²) in [6, 6.07) is 14.9. The summed E-state index contributed by atoms with van der Waals surface area (Å²) >= 11 is 0. The Morgan fingerprint density at radius 1 is 0.938 bits per heavy atom. The normalized spacial score (nSPS) is 14.2. The maximum atomic E-state index is 12.7. The van der Waals surface area contributed by atoms with Gasteiger partial charge < -0.3 is 20.5 Å². The van der Waals surface area contributed by atoms with Gasteiger partial charge in [0.2, 0.25) is 5.91 Å². The summed E-state index contributed by atoms with van der Waals surface area (Å²) in [7, 11) is 0. The SMILES string of the molecule is CC(C)(NC(=O)OCC1c2ccccc2-c2ccccc21)C(=O)N[C@@H](C(=O)O)C(C)(C)C. The van der Waals surface area contributed by atoms with Crippen LogP contribution >= 0.6 is 0 Å². The molecule has 0 saturated heterocycles. The number of aliphatic carboxylic acids is 1. The molecule has 2 amide bonds. The minimum atomic E-state index is -1.36. The summed E-state index contributed by atoms with van der Waals surface area (Å²) in [5.74, 6) is -1.83. The molecule has 0 aromatic heterocycles. The Morgan fingerprint density at radius 2 is 1.44 bits per heavy atom. The highest BCUT2D eigenvalue weighted by Gasteiger charge is 2.38. The van der Waals surface area contributed by atoms with Gasteiger partial charge in [-0.3, -0.25) is 4.79 Å². The number of hydrogen-bond donors (Lipinski definition) is 3. The van der Waals surface area contributed by atoms with Gasteiger partial charge in [0.1, 0.15) is 18.2 Å². The second-order valence-corrected chi connectivity index (χ2v) is 9.69. The van der Waals surface area contributed by atoms with Gasteiger partial charge in [-0.2, -0.15) is 0 Å². The average molecular weight is 439 g/mol. The van der Waals surface area contributed by atoms with E-state index in [1.54, 1.807) is 20.8 Å². The number of carboxylic acid groups (broad SMARTS) is 1. The molecule has 0 heterocycles. The smallest absolute Gasteiger partial charge is 0.408 e. The third-order valence-corrected chi connectivity index (χ3v) is 5.71. The summed E-state index contributed by atoms with van der Waals surface area (Å²) in [6.07, 6.45) is -0.741. The molecule has 0 radical (unpaired) electrons. The number of carboxylic acids is 1. The van der Waals surface area contributed by atoms with Crippen molar-refractivity contribution in [2.45, 2.75) is 52.1 Å². The van der Waals surface area contributed by atoms with E-state index in [0.717, 1.165) is 22.3 Å². The summed E-state index contributed by atoms with van der Waals surface area (Å²) in [5.41, 5.74) is 2.38. The van der Waals surface area contributed by atoms with E-state index in [-0.39, 0.29) is 12.5 Å². The molecule has 32 heavy (non-hydrogen) atoms. The van der Waals surface area contributed by atoms with Crippen LogP contribution in [-0.4, -0.2) is 41.3 Å². The van der Waals surface area contributed by atoms with Gasteiger partial charge in [0, 0.05) is 5.92 Å². The van der Waals surface area contributed by atoms with E-state index in [1.165, 1.54) is 13.8 Å². The van der Waals surface area contributed by atoms with Crippen LogP contribution in [0, 0.1) is 5.41 Å². The molecule has 1 aliphatic rings. The van der Waals surface area contributed by atoms with E-state index in [0.29, 0.717) is 0 Å². The third-order valence-electron chi connectivity index (χ3n) is 5.71. The first-order chi connectivity index (χ1) is 14.9. The highest BCUT2D eigenvalue weighted by atomic mass is 16.5. The molecular formula is C25H30N2O5. The van der Waals surface area contributed by atoms with Crippen LogP contribution in [0.25, 0.3) is 11.1 Å². The van der Waals surface area contributed by atoms with Crippen LogP contribution < -0.4 is 10.6 Å². The maximum absolute atomic E-state index is 12.7. The molecule has 7 nitrogen and oxygen atoms in total. The summed E-state index contributed by atoms with van der Waals surface area (Å²) < 4.78 is 5.50. The van der Waals surface area contributed by atoms with E-state index in [2.05, 4.69) is 22.8 Å². The van der Waals surface area contributed by atoms with Gasteiger partial charge in [-0.15, -0.1) is 0 Å². The van der Waals surface area contributed by atoms with Crippen molar-refractivity contribution >= 4 is 18.0 Å². The van der Waals surface area contributed by atoms with E-state index in [1.807, 2.05) is 36.4 Å². The standard InChI is InChI=1S/C25H30N2O5/c1-24(2,3)20(21(28)29)26-22(30)25(4,5)27-23(31)32-14-19-17-12-8-6-10-15(17)16-11-7-9-13-18(16)19/h6-13,19-20H,14H2,1-5H3,(H,26,30)(H,27,31)(H,28,29)/t20-/m0/s1. The molecular weight excluding hydrogens is 408 g/mol. The largest absolute Gasteiger partial charge is 0.480 e. The zero-order valence-corrected chi connectivity index (χ0v) is 19.1. The molecule has 1 atom stereocenters. The Morgan fingerprint density at radius 3 is 1.91 bits per heavy atom. The lowest BCUT2D eigenvalue weighted by atomic mass is 9.86. The van der Waals surface area contributed by atoms with E-state index in [4.69, 9.17) is 4.74 Å². The lowest BCUT2D eigenvalue weighted by Gasteiger charge is -2.32. The van der Waals surface area contributed by atoms with Crippen molar-refractivity contribution in [2.24, 2.45) is 5.41 Å². The molecule has 0 spiro atoms. The number of ether oxygens (including phenoxy) is 1. The van der Waals surface area contributed by atoms with Gasteiger partial charge in [-0.25, -0.2) is 9.59 Å². The van der Waals surface area contributed by atoms with Crippen molar-refractivity contribution in [3.8, 4) is 11.1 Å². The van der Waals surface area contributed by atoms with Crippen LogP contribution in [0.2, 0.25) is 0 Å². The zero-order chi connectivity index (χ0) is 23.7. The average Bonchev–Trinajstić information content (AvgIpc) is 3.02. The van der Waals surface area contributed by atoms with Crippen molar-refractivity contribution in [2.75, 3.05) is 6.61 Å². The van der Waals surface area contributed by atoms with Crippen LogP contribution in [0.15, 0.2) is 48.5 Å². The number of hydrogen-bond acceptors (Lipinski definition) is 4. The van der Waals surface area contributed by atoms with Crippen molar-refractivity contribution in [3.63, 3.8) is 0 Å². The van der Waals surface area contributed by atoms with Gasteiger partial charge in [0.15, 0.2) is 0 Å². The Balaban J connectivity index is 1.66. The molecule has 0 aliphatic heterocycles. The first kappa shape index (κ1) is 23.3. The van der Waals surface area contributed by atoms with Crippen molar-refractivity contribution < 1.29 is 24.2 Å². The van der Waals surface area contributed by atoms with Gasteiger partial charge in [-0.05, 0) is 41.5 Å². The van der Waals surface area contributed by atoms with Crippen LogP contribution in [0.5, 0.6) is 0 Å². The second kappa shape index (κ2) is 8.65. The zero-order valence-electron chi connectivity index (χ0n) is 19.1. The minimum absolute atomic E-state index is 0.0950. The number of fused-ring (bicyclic) bond motifs is 3. The minimum Gasteiger partial charge on any atom is -0.480 e. The quantitative estimate of drug-likeness (QED) is 0.634. The lowest BCUT2D eigenvalue weighted by molar-refractivity contribution is -0.145. The highest BCUT2D eigenvalue weighted by Crippen LogP contribution is 2.44. The third kappa shape index (κ3) is 4.77. The molecule has 170 valence electrons. The van der Waals surface area contributed by atoms with E-state index in [9.17, 15) is 19.5 Å². The van der Waals surface area contributed by atoms with Gasteiger partial charge in [-0.1, -0.05) is 69.3 Å². The van der Waals surface area contributed by atoms with Crippen molar-refractivity contribution in [1.82, 2.24) is 10.6 Å². The van der Waals surface area contributed by atoms with Crippen molar-refractivity contribution in [1.29, 1.82) is 0 Å². The number of carbonyl (C=O) groups is 3. The van der Waals surface area contributed by atoms with E-state index < -0.39 is 35.0 Å². The lowest BCUT2D eigenvalue weighted by Crippen LogP contribution is -2.60. The molecule has 0 bridgehead atoms. The predicted molar refractivity (Wildman–Crippen MR) is 121 cm³/mol. The molecule has 1 aliphatic carbocycles. The first-order valence-corrected chi connectivity index (χ1v) is 10.6. The summed E-state index contributed by atoms with van der Waals surface area (Å²) in [5, 5.41) is 14.5. The molecule has 3 rings (SSSR count). The molecule has 0 saturated carbocycles. The monoisotopic (exact) mass is 438 g/mol. The molecule has 3 N–H and O–H groups in total. The van der Waals surface area contributed by atoms with Gasteiger partial charge in [0.25, 0.3) is 0 Å². The predicted octanol–water partition coefficient (Wildman–Crippen LogP) is 3.92. The maximum Gasteiger partial charge on any atom is 0.408 e. The number of carbonyl (C=O) groups excluding carboxylic acids is 2. The Labute approximate surface area is 188 Å². The molecule has 7 heteroatoms. The Hall–Kier alpha value is -3.35. The molecule has 2 aromatic carbocycles. The second-order valence-electron chi connectivity index (χ2n) is 9.69. The fourth-order valence-corrected chi connectivity index (χ4v) is 3.91. The van der Waals surface area contributed by atoms with Crippen LogP contribution in [0.4, 0.5) is 4.79 Å². The van der Waals surface area contributed by atoms with E-state index >= 15 is 0 Å². The summed E-state index contributed by atoms with van der Waals surface area (Å²) in [4.78, 5) is 36.8. The number of amides is 2. The number of rotatable bonds is 6. The first-order valence-electron chi connectivity index (χ1n) is 10.6. The highest BCUT2D eigenvalue weighted by molar-refractivity contribution is 5.92. The number of alkyl carbamates (subject to hydrolysis) is 1. The number of benzene rings is 2. The molecule has 0 unspecified atom stereocenters. The fraction of sp³-hybridized carbons (Fsp3) is 0.400. The van der Waals surface area contributed by atoms with Crippen molar-refractivity contribution in [3.05, 3.63) is 59.7 Å². The Kier molecular flexibility index (Phi) is 6.30. The topological polar surface area (TPSA) is 105 Å². The van der Waals surface area contributed by atoms with Gasteiger partial charge >= 0.3 is 12.1 Å². The summed E-state index contributed by atoms with van der Waals surface area (Å²) in [6.45, 7) is 8.29. The molecule has 0 fully saturated rings. The fourth-order valence-electron chi connectivity index (χ4n) is 3.91. The Bertz CT molecular complexity index is 993.